The first-order valence-corrected chi connectivity index (χ1v) is 8.13. The first kappa shape index (κ1) is 13.2. The predicted molar refractivity (Wildman–Crippen MR) is 75.5 cm³/mol. The Balaban J connectivity index is 2.07. The van der Waals surface area contributed by atoms with Crippen LogP contribution in [-0.2, 0) is 9.84 Å². The van der Waals surface area contributed by atoms with Crippen LogP contribution in [-0.4, -0.2) is 33.0 Å². The van der Waals surface area contributed by atoms with Gasteiger partial charge in [-0.2, -0.15) is 0 Å². The second-order valence-electron chi connectivity index (χ2n) is 5.12. The van der Waals surface area contributed by atoms with Crippen molar-refractivity contribution in [3.63, 3.8) is 0 Å². The standard InChI is InChI=1S/C13H20N2O2S/c1-10(18(2,16)17)11-7-8-15(9-11)13-5-3-12(14)4-6-13/h3-6,10-11H,7-9,14H2,1-2H3. The van der Waals surface area contributed by atoms with Gasteiger partial charge in [-0.1, -0.05) is 0 Å². The Morgan fingerprint density at radius 1 is 1.33 bits per heavy atom. The van der Waals surface area contributed by atoms with Gasteiger partial charge < -0.3 is 10.6 Å². The minimum absolute atomic E-state index is 0.220. The minimum atomic E-state index is -2.95. The SMILES string of the molecule is CC(C1CCN(c2ccc(N)cc2)C1)S(C)(=O)=O. The summed E-state index contributed by atoms with van der Waals surface area (Å²) in [5, 5.41) is -0.267. The molecule has 1 fully saturated rings. The molecule has 1 aromatic rings. The van der Waals surface area contributed by atoms with E-state index in [1.807, 2.05) is 31.2 Å². The molecule has 5 heteroatoms. The van der Waals surface area contributed by atoms with Crippen molar-refractivity contribution < 1.29 is 8.42 Å². The van der Waals surface area contributed by atoms with Crippen LogP contribution in [0.3, 0.4) is 0 Å². The second-order valence-corrected chi connectivity index (χ2v) is 7.52. The molecule has 0 bridgehead atoms. The first-order valence-electron chi connectivity index (χ1n) is 6.17. The lowest BCUT2D eigenvalue weighted by molar-refractivity contribution is 0.527. The Morgan fingerprint density at radius 2 is 1.94 bits per heavy atom. The summed E-state index contributed by atoms with van der Waals surface area (Å²) in [4.78, 5) is 2.23. The van der Waals surface area contributed by atoms with Gasteiger partial charge in [0, 0.05) is 30.7 Å². The molecule has 0 radical (unpaired) electrons. The van der Waals surface area contributed by atoms with Crippen molar-refractivity contribution in [3.8, 4) is 0 Å². The monoisotopic (exact) mass is 268 g/mol. The highest BCUT2D eigenvalue weighted by atomic mass is 32.2. The Hall–Kier alpha value is -1.23. The molecule has 2 N–H and O–H groups in total. The lowest BCUT2D eigenvalue weighted by Gasteiger charge is -2.21. The number of nitrogens with two attached hydrogens (primary N) is 1. The first-order chi connectivity index (χ1) is 8.38. The van der Waals surface area contributed by atoms with E-state index in [1.165, 1.54) is 6.26 Å². The smallest absolute Gasteiger partial charge is 0.150 e. The zero-order valence-corrected chi connectivity index (χ0v) is 11.7. The van der Waals surface area contributed by atoms with E-state index in [9.17, 15) is 8.42 Å². The molecule has 0 spiro atoms. The quantitative estimate of drug-likeness (QED) is 0.844. The number of hydrogen-bond acceptors (Lipinski definition) is 4. The van der Waals surface area contributed by atoms with Crippen molar-refractivity contribution in [2.24, 2.45) is 5.92 Å². The highest BCUT2D eigenvalue weighted by molar-refractivity contribution is 7.91. The van der Waals surface area contributed by atoms with Gasteiger partial charge in [0.25, 0.3) is 0 Å². The summed E-state index contributed by atoms with van der Waals surface area (Å²) in [6, 6.07) is 7.73. The van der Waals surface area contributed by atoms with Gasteiger partial charge >= 0.3 is 0 Å². The lowest BCUT2D eigenvalue weighted by atomic mass is 10.1. The maximum absolute atomic E-state index is 11.6. The van der Waals surface area contributed by atoms with E-state index in [4.69, 9.17) is 5.73 Å². The van der Waals surface area contributed by atoms with Gasteiger partial charge in [-0.25, -0.2) is 8.42 Å². The number of hydrogen-bond donors (Lipinski definition) is 1. The van der Waals surface area contributed by atoms with Crippen LogP contribution in [0, 0.1) is 5.92 Å². The van der Waals surface area contributed by atoms with E-state index in [-0.39, 0.29) is 11.2 Å². The van der Waals surface area contributed by atoms with Crippen molar-refractivity contribution in [1.82, 2.24) is 0 Å². The maximum atomic E-state index is 11.6. The van der Waals surface area contributed by atoms with Crippen LogP contribution in [0.15, 0.2) is 24.3 Å². The highest BCUT2D eigenvalue weighted by Gasteiger charge is 2.32. The van der Waals surface area contributed by atoms with Gasteiger partial charge in [0.2, 0.25) is 0 Å². The zero-order chi connectivity index (χ0) is 13.3. The Kier molecular flexibility index (Phi) is 3.52. The fourth-order valence-corrected chi connectivity index (χ4v) is 3.36. The van der Waals surface area contributed by atoms with Crippen LogP contribution in [0.2, 0.25) is 0 Å². The molecule has 1 saturated heterocycles. The fraction of sp³-hybridized carbons (Fsp3) is 0.538. The Bertz CT molecular complexity index is 510. The van der Waals surface area contributed by atoms with Crippen molar-refractivity contribution in [3.05, 3.63) is 24.3 Å². The number of rotatable bonds is 3. The summed E-state index contributed by atoms with van der Waals surface area (Å²) >= 11 is 0. The lowest BCUT2D eigenvalue weighted by Crippen LogP contribution is -2.29. The van der Waals surface area contributed by atoms with E-state index in [1.54, 1.807) is 0 Å². The Morgan fingerprint density at radius 3 is 2.50 bits per heavy atom. The highest BCUT2D eigenvalue weighted by Crippen LogP contribution is 2.28. The van der Waals surface area contributed by atoms with Gasteiger partial charge in [-0.15, -0.1) is 0 Å². The van der Waals surface area contributed by atoms with Gasteiger partial charge in [0.1, 0.15) is 9.84 Å². The number of benzene rings is 1. The zero-order valence-electron chi connectivity index (χ0n) is 10.8. The van der Waals surface area contributed by atoms with Gasteiger partial charge in [0.05, 0.1) is 5.25 Å². The minimum Gasteiger partial charge on any atom is -0.399 e. The normalized spacial score (nSPS) is 22.1. The molecule has 2 rings (SSSR count). The second kappa shape index (κ2) is 4.80. The summed E-state index contributed by atoms with van der Waals surface area (Å²) in [7, 11) is -2.95. The van der Waals surface area contributed by atoms with Crippen LogP contribution in [0.1, 0.15) is 13.3 Å². The van der Waals surface area contributed by atoms with Gasteiger partial charge in [-0.3, -0.25) is 0 Å². The van der Waals surface area contributed by atoms with Crippen LogP contribution < -0.4 is 10.6 Å². The number of anilines is 2. The van der Waals surface area contributed by atoms with Crippen molar-refractivity contribution in [2.75, 3.05) is 30.0 Å². The van der Waals surface area contributed by atoms with E-state index in [0.717, 1.165) is 30.9 Å². The van der Waals surface area contributed by atoms with Gasteiger partial charge in [-0.05, 0) is 43.5 Å². The number of sulfone groups is 1. The molecule has 0 aromatic heterocycles. The van der Waals surface area contributed by atoms with Gasteiger partial charge in [0.15, 0.2) is 0 Å². The van der Waals surface area contributed by atoms with Crippen molar-refractivity contribution >= 4 is 21.2 Å². The average molecular weight is 268 g/mol. The third-order valence-electron chi connectivity index (χ3n) is 3.82. The average Bonchev–Trinajstić information content (AvgIpc) is 2.77. The molecular formula is C13H20N2O2S. The summed E-state index contributed by atoms with van der Waals surface area (Å²) in [5.41, 5.74) is 7.53. The Labute approximate surface area is 109 Å². The molecule has 4 nitrogen and oxygen atoms in total. The van der Waals surface area contributed by atoms with E-state index >= 15 is 0 Å². The molecule has 0 aliphatic carbocycles. The summed E-state index contributed by atoms with van der Waals surface area (Å²) in [6.07, 6.45) is 2.25. The molecule has 100 valence electrons. The molecule has 1 heterocycles. The van der Waals surface area contributed by atoms with E-state index in [0.29, 0.717) is 0 Å². The molecule has 1 aromatic carbocycles. The molecule has 1 aliphatic rings. The van der Waals surface area contributed by atoms with Crippen molar-refractivity contribution in [2.45, 2.75) is 18.6 Å². The summed E-state index contributed by atoms with van der Waals surface area (Å²) in [6.45, 7) is 3.53. The fourth-order valence-electron chi connectivity index (χ4n) is 2.44. The van der Waals surface area contributed by atoms with Crippen LogP contribution in [0.5, 0.6) is 0 Å². The maximum Gasteiger partial charge on any atom is 0.150 e. The van der Waals surface area contributed by atoms with Crippen LogP contribution in [0.25, 0.3) is 0 Å². The van der Waals surface area contributed by atoms with Crippen LogP contribution in [0.4, 0.5) is 11.4 Å². The largest absolute Gasteiger partial charge is 0.399 e. The summed E-state index contributed by atoms with van der Waals surface area (Å²) in [5.74, 6) is 0.220. The number of nitrogens with zero attached hydrogens (tertiary/aromatic N) is 1. The van der Waals surface area contributed by atoms with E-state index < -0.39 is 9.84 Å². The molecule has 2 unspecified atom stereocenters. The molecule has 2 atom stereocenters. The van der Waals surface area contributed by atoms with Crippen LogP contribution >= 0.6 is 0 Å². The molecule has 0 saturated carbocycles. The molecule has 0 amide bonds. The molecular weight excluding hydrogens is 248 g/mol. The third-order valence-corrected chi connectivity index (χ3v) is 5.56. The van der Waals surface area contributed by atoms with E-state index in [2.05, 4.69) is 4.90 Å². The summed E-state index contributed by atoms with van der Waals surface area (Å²) < 4.78 is 23.1. The molecule has 1 aliphatic heterocycles. The third kappa shape index (κ3) is 2.77. The predicted octanol–water partition coefficient (Wildman–Crippen LogP) is 1.53. The molecule has 18 heavy (non-hydrogen) atoms. The van der Waals surface area contributed by atoms with Crippen molar-refractivity contribution in [1.29, 1.82) is 0 Å². The number of nitrogen functional groups attached to an aromatic ring is 1. The topological polar surface area (TPSA) is 63.4 Å².